The standard InChI is InChI=1S/C14H18N2O3/c1-10-12-6-3-2-5-11(12)9-16(10)14(19)15-8-4-7-13(17)18/h2-3,5-6,10H,4,7-9H2,1H3,(H,15,19)(H,17,18). The maximum atomic E-state index is 12.0. The topological polar surface area (TPSA) is 69.6 Å². The molecule has 5 heteroatoms. The predicted octanol–water partition coefficient (Wildman–Crippen LogP) is 2.14. The summed E-state index contributed by atoms with van der Waals surface area (Å²) in [5.74, 6) is -0.837. The maximum absolute atomic E-state index is 12.0. The van der Waals surface area contributed by atoms with E-state index in [0.29, 0.717) is 19.5 Å². The Balaban J connectivity index is 1.87. The highest BCUT2D eigenvalue weighted by Gasteiger charge is 2.29. The summed E-state index contributed by atoms with van der Waals surface area (Å²) in [7, 11) is 0. The van der Waals surface area contributed by atoms with Gasteiger partial charge in [0.2, 0.25) is 0 Å². The van der Waals surface area contributed by atoms with E-state index in [2.05, 4.69) is 5.32 Å². The summed E-state index contributed by atoms with van der Waals surface area (Å²) in [6.45, 7) is 3.01. The summed E-state index contributed by atoms with van der Waals surface area (Å²) >= 11 is 0. The highest BCUT2D eigenvalue weighted by molar-refractivity contribution is 5.75. The van der Waals surface area contributed by atoms with Crippen LogP contribution in [-0.4, -0.2) is 28.6 Å². The van der Waals surface area contributed by atoms with Crippen molar-refractivity contribution in [3.63, 3.8) is 0 Å². The van der Waals surface area contributed by atoms with E-state index >= 15 is 0 Å². The summed E-state index contributed by atoms with van der Waals surface area (Å²) in [4.78, 5) is 24.2. The smallest absolute Gasteiger partial charge is 0.318 e. The molecule has 2 N–H and O–H groups in total. The Morgan fingerprint density at radius 1 is 1.42 bits per heavy atom. The molecule has 102 valence electrons. The number of nitrogens with one attached hydrogen (secondary N) is 1. The quantitative estimate of drug-likeness (QED) is 0.817. The van der Waals surface area contributed by atoms with Crippen LogP contribution in [-0.2, 0) is 11.3 Å². The number of hydrogen-bond donors (Lipinski definition) is 2. The van der Waals surface area contributed by atoms with Crippen LogP contribution in [0, 0.1) is 0 Å². The minimum Gasteiger partial charge on any atom is -0.481 e. The van der Waals surface area contributed by atoms with Gasteiger partial charge in [-0.3, -0.25) is 4.79 Å². The van der Waals surface area contributed by atoms with Crippen LogP contribution in [0.2, 0.25) is 0 Å². The average molecular weight is 262 g/mol. The number of carbonyl (C=O) groups is 2. The van der Waals surface area contributed by atoms with Crippen molar-refractivity contribution in [2.75, 3.05) is 6.54 Å². The molecule has 0 aromatic heterocycles. The normalized spacial score (nSPS) is 17.1. The number of rotatable bonds is 4. The van der Waals surface area contributed by atoms with Crippen molar-refractivity contribution < 1.29 is 14.7 Å². The van der Waals surface area contributed by atoms with Gasteiger partial charge in [0.25, 0.3) is 0 Å². The second kappa shape index (κ2) is 5.73. The van der Waals surface area contributed by atoms with E-state index in [-0.39, 0.29) is 18.5 Å². The van der Waals surface area contributed by atoms with Crippen LogP contribution in [0.4, 0.5) is 4.79 Å². The van der Waals surface area contributed by atoms with Gasteiger partial charge in [-0.1, -0.05) is 24.3 Å². The minimum absolute atomic E-state index is 0.0654. The largest absolute Gasteiger partial charge is 0.481 e. The second-order valence-corrected chi connectivity index (χ2v) is 4.73. The van der Waals surface area contributed by atoms with E-state index in [4.69, 9.17) is 5.11 Å². The molecule has 19 heavy (non-hydrogen) atoms. The number of urea groups is 1. The molecular formula is C14H18N2O3. The van der Waals surface area contributed by atoms with Gasteiger partial charge in [0.15, 0.2) is 0 Å². The lowest BCUT2D eigenvalue weighted by atomic mass is 10.1. The lowest BCUT2D eigenvalue weighted by Crippen LogP contribution is -2.38. The molecule has 0 bridgehead atoms. The third kappa shape index (κ3) is 3.05. The van der Waals surface area contributed by atoms with Crippen LogP contribution in [0.3, 0.4) is 0 Å². The summed E-state index contributed by atoms with van der Waals surface area (Å²) in [6.07, 6.45) is 0.534. The number of carbonyl (C=O) groups excluding carboxylic acids is 1. The Kier molecular flexibility index (Phi) is 4.04. The molecule has 2 amide bonds. The third-order valence-corrected chi connectivity index (χ3v) is 3.42. The summed E-state index contributed by atoms with van der Waals surface area (Å²) in [5.41, 5.74) is 2.36. The SMILES string of the molecule is CC1c2ccccc2CN1C(=O)NCCCC(=O)O. The number of carboxylic acid groups (broad SMARTS) is 1. The van der Waals surface area contributed by atoms with Crippen LogP contribution in [0.1, 0.15) is 36.9 Å². The molecule has 0 radical (unpaired) electrons. The molecule has 1 aliphatic rings. The zero-order valence-electron chi connectivity index (χ0n) is 10.9. The van der Waals surface area contributed by atoms with Crippen molar-refractivity contribution in [1.82, 2.24) is 10.2 Å². The first-order chi connectivity index (χ1) is 9.09. The predicted molar refractivity (Wildman–Crippen MR) is 70.7 cm³/mol. The van der Waals surface area contributed by atoms with Crippen LogP contribution >= 0.6 is 0 Å². The summed E-state index contributed by atoms with van der Waals surface area (Å²) in [6, 6.07) is 7.95. The molecule has 2 rings (SSSR count). The molecular weight excluding hydrogens is 244 g/mol. The van der Waals surface area contributed by atoms with Gasteiger partial charge in [-0.15, -0.1) is 0 Å². The molecule has 0 fully saturated rings. The van der Waals surface area contributed by atoms with Gasteiger partial charge in [0.05, 0.1) is 6.04 Å². The van der Waals surface area contributed by atoms with E-state index in [0.717, 1.165) is 0 Å². The second-order valence-electron chi connectivity index (χ2n) is 4.73. The molecule has 0 saturated carbocycles. The van der Waals surface area contributed by atoms with Gasteiger partial charge in [-0.05, 0) is 24.5 Å². The van der Waals surface area contributed by atoms with Crippen LogP contribution in [0.15, 0.2) is 24.3 Å². The molecule has 1 aromatic rings. The van der Waals surface area contributed by atoms with Gasteiger partial charge in [-0.25, -0.2) is 4.79 Å². The lowest BCUT2D eigenvalue weighted by molar-refractivity contribution is -0.137. The van der Waals surface area contributed by atoms with Crippen molar-refractivity contribution >= 4 is 12.0 Å². The highest BCUT2D eigenvalue weighted by Crippen LogP contribution is 2.32. The number of carboxylic acids is 1. The molecule has 0 saturated heterocycles. The number of aliphatic carboxylic acids is 1. The molecule has 1 aliphatic heterocycles. The Bertz CT molecular complexity index is 487. The Labute approximate surface area is 112 Å². The van der Waals surface area contributed by atoms with Crippen molar-refractivity contribution in [2.24, 2.45) is 0 Å². The fraction of sp³-hybridized carbons (Fsp3) is 0.429. The van der Waals surface area contributed by atoms with Gasteiger partial charge < -0.3 is 15.3 Å². The fourth-order valence-corrected chi connectivity index (χ4v) is 2.36. The number of hydrogen-bond acceptors (Lipinski definition) is 2. The molecule has 5 nitrogen and oxygen atoms in total. The zero-order valence-corrected chi connectivity index (χ0v) is 10.9. The Hall–Kier alpha value is -2.04. The van der Waals surface area contributed by atoms with E-state index in [1.54, 1.807) is 4.90 Å². The first-order valence-electron chi connectivity index (χ1n) is 6.43. The molecule has 1 aromatic carbocycles. The first-order valence-corrected chi connectivity index (χ1v) is 6.43. The highest BCUT2D eigenvalue weighted by atomic mass is 16.4. The molecule has 1 heterocycles. The van der Waals surface area contributed by atoms with Crippen LogP contribution in [0.25, 0.3) is 0 Å². The van der Waals surface area contributed by atoms with E-state index < -0.39 is 5.97 Å². The van der Waals surface area contributed by atoms with Gasteiger partial charge in [0, 0.05) is 19.5 Å². The average Bonchev–Trinajstić information content (AvgIpc) is 2.72. The number of fused-ring (bicyclic) bond motifs is 1. The fourth-order valence-electron chi connectivity index (χ4n) is 2.36. The van der Waals surface area contributed by atoms with Crippen molar-refractivity contribution in [3.05, 3.63) is 35.4 Å². The number of amides is 2. The minimum atomic E-state index is -0.837. The maximum Gasteiger partial charge on any atom is 0.318 e. The van der Waals surface area contributed by atoms with E-state index in [1.807, 2.05) is 31.2 Å². The molecule has 0 aliphatic carbocycles. The van der Waals surface area contributed by atoms with Crippen molar-refractivity contribution in [1.29, 1.82) is 0 Å². The Morgan fingerprint density at radius 2 is 2.16 bits per heavy atom. The van der Waals surface area contributed by atoms with Crippen LogP contribution in [0.5, 0.6) is 0 Å². The van der Waals surface area contributed by atoms with E-state index in [1.165, 1.54) is 11.1 Å². The number of benzene rings is 1. The van der Waals surface area contributed by atoms with Gasteiger partial charge >= 0.3 is 12.0 Å². The third-order valence-electron chi connectivity index (χ3n) is 3.42. The molecule has 1 atom stereocenters. The number of nitrogens with zero attached hydrogens (tertiary/aromatic N) is 1. The van der Waals surface area contributed by atoms with Crippen LogP contribution < -0.4 is 5.32 Å². The van der Waals surface area contributed by atoms with Crippen molar-refractivity contribution in [3.8, 4) is 0 Å². The van der Waals surface area contributed by atoms with Crippen molar-refractivity contribution in [2.45, 2.75) is 32.4 Å². The molecule has 1 unspecified atom stereocenters. The first kappa shape index (κ1) is 13.4. The van der Waals surface area contributed by atoms with Gasteiger partial charge in [0.1, 0.15) is 0 Å². The van der Waals surface area contributed by atoms with Gasteiger partial charge in [-0.2, -0.15) is 0 Å². The Morgan fingerprint density at radius 3 is 2.84 bits per heavy atom. The lowest BCUT2D eigenvalue weighted by Gasteiger charge is -2.22. The molecule has 0 spiro atoms. The summed E-state index contributed by atoms with van der Waals surface area (Å²) in [5, 5.41) is 11.3. The van der Waals surface area contributed by atoms with E-state index in [9.17, 15) is 9.59 Å². The summed E-state index contributed by atoms with van der Waals surface area (Å²) < 4.78 is 0. The monoisotopic (exact) mass is 262 g/mol. The zero-order chi connectivity index (χ0) is 13.8.